The number of H-pyrrole nitrogens is 1. The molecule has 1 aliphatic rings. The van der Waals surface area contributed by atoms with Crippen molar-refractivity contribution in [1.82, 2.24) is 14.9 Å². The van der Waals surface area contributed by atoms with Crippen LogP contribution in [0, 0.1) is 0 Å². The molecule has 1 aliphatic heterocycles. The molecule has 4 nitrogen and oxygen atoms in total. The average Bonchev–Trinajstić information content (AvgIpc) is 3.36. The van der Waals surface area contributed by atoms with Crippen LogP contribution in [0.3, 0.4) is 0 Å². The average molecular weight is 345 g/mol. The van der Waals surface area contributed by atoms with Gasteiger partial charge in [0.15, 0.2) is 0 Å². The minimum Gasteiger partial charge on any atom is -0.460 e. The number of hydrogen-bond acceptors (Lipinski definition) is 3. The van der Waals surface area contributed by atoms with Gasteiger partial charge in [0.1, 0.15) is 17.2 Å². The Labute approximate surface area is 152 Å². The van der Waals surface area contributed by atoms with E-state index >= 15 is 0 Å². The van der Waals surface area contributed by atoms with E-state index in [1.807, 2.05) is 18.2 Å². The second-order valence-electron chi connectivity index (χ2n) is 7.32. The first-order chi connectivity index (χ1) is 12.8. The fourth-order valence-corrected chi connectivity index (χ4v) is 4.09. The standard InChI is InChI=1S/C22H23N3O/c1-15-6-5-12-25(15)13-11-17-14-16-7-4-8-18(21(16)26-17)22-23-19-9-2-3-10-20(19)24-22/h2-4,7-10,14-15H,5-6,11-13H2,1H3,(H,23,24)/t15-/m1/s1. The van der Waals surface area contributed by atoms with Gasteiger partial charge >= 0.3 is 0 Å². The predicted molar refractivity (Wildman–Crippen MR) is 105 cm³/mol. The van der Waals surface area contributed by atoms with Crippen molar-refractivity contribution in [3.63, 3.8) is 0 Å². The van der Waals surface area contributed by atoms with Crippen molar-refractivity contribution in [2.45, 2.75) is 32.2 Å². The van der Waals surface area contributed by atoms with Crippen LogP contribution in [0.1, 0.15) is 25.5 Å². The summed E-state index contributed by atoms with van der Waals surface area (Å²) in [5.74, 6) is 1.92. The molecule has 2 aromatic carbocycles. The predicted octanol–water partition coefficient (Wildman–Crippen LogP) is 5.00. The zero-order chi connectivity index (χ0) is 17.5. The lowest BCUT2D eigenvalue weighted by atomic mass is 10.1. The molecule has 0 aliphatic carbocycles. The van der Waals surface area contributed by atoms with Crippen LogP contribution in [-0.4, -0.2) is 34.0 Å². The van der Waals surface area contributed by atoms with Gasteiger partial charge in [0.25, 0.3) is 0 Å². The molecule has 0 unspecified atom stereocenters. The van der Waals surface area contributed by atoms with Gasteiger partial charge in [-0.1, -0.05) is 24.3 Å². The van der Waals surface area contributed by atoms with E-state index < -0.39 is 0 Å². The molecule has 1 saturated heterocycles. The normalized spacial score (nSPS) is 18.3. The van der Waals surface area contributed by atoms with Crippen LogP contribution >= 0.6 is 0 Å². The maximum Gasteiger partial charge on any atom is 0.145 e. The monoisotopic (exact) mass is 345 g/mol. The molecule has 2 aromatic heterocycles. The summed E-state index contributed by atoms with van der Waals surface area (Å²) in [6.07, 6.45) is 3.59. The molecule has 26 heavy (non-hydrogen) atoms. The molecule has 0 saturated carbocycles. The second kappa shape index (κ2) is 6.29. The molecule has 3 heterocycles. The van der Waals surface area contributed by atoms with Crippen molar-refractivity contribution in [2.24, 2.45) is 0 Å². The van der Waals surface area contributed by atoms with Crippen LogP contribution in [0.15, 0.2) is 52.9 Å². The maximum absolute atomic E-state index is 6.26. The van der Waals surface area contributed by atoms with E-state index in [1.165, 1.54) is 19.4 Å². The number of rotatable bonds is 4. The SMILES string of the molecule is C[C@@H]1CCCN1CCc1cc2cccc(-c3nc4ccccc4[nH]3)c2o1. The fraction of sp³-hybridized carbons (Fsp3) is 0.318. The topological polar surface area (TPSA) is 45.1 Å². The van der Waals surface area contributed by atoms with Gasteiger partial charge in [-0.3, -0.25) is 0 Å². The molecule has 4 heteroatoms. The van der Waals surface area contributed by atoms with E-state index in [-0.39, 0.29) is 0 Å². The highest BCUT2D eigenvalue weighted by molar-refractivity contribution is 5.93. The third-order valence-corrected chi connectivity index (χ3v) is 5.58. The lowest BCUT2D eigenvalue weighted by Gasteiger charge is -2.19. The molecule has 0 radical (unpaired) electrons. The van der Waals surface area contributed by atoms with Gasteiger partial charge in [-0.25, -0.2) is 4.98 Å². The molecule has 0 spiro atoms. The number of aromatic nitrogens is 2. The van der Waals surface area contributed by atoms with E-state index in [0.717, 1.165) is 52.1 Å². The Hall–Kier alpha value is -2.59. The van der Waals surface area contributed by atoms with Gasteiger partial charge in [-0.15, -0.1) is 0 Å². The summed E-state index contributed by atoms with van der Waals surface area (Å²) in [6, 6.07) is 17.3. The van der Waals surface area contributed by atoms with Crippen LogP contribution in [-0.2, 0) is 6.42 Å². The molecular formula is C22H23N3O. The van der Waals surface area contributed by atoms with Gasteiger partial charge in [0.05, 0.1) is 16.6 Å². The molecule has 5 rings (SSSR count). The molecular weight excluding hydrogens is 322 g/mol. The number of aromatic amines is 1. The summed E-state index contributed by atoms with van der Waals surface area (Å²) in [5.41, 5.74) is 3.99. The highest BCUT2D eigenvalue weighted by Crippen LogP contribution is 2.31. The minimum atomic E-state index is 0.700. The highest BCUT2D eigenvalue weighted by atomic mass is 16.3. The summed E-state index contributed by atoms with van der Waals surface area (Å²) in [6.45, 7) is 4.61. The third kappa shape index (κ3) is 2.71. The number of nitrogens with one attached hydrogen (secondary N) is 1. The minimum absolute atomic E-state index is 0.700. The Bertz CT molecular complexity index is 1030. The summed E-state index contributed by atoms with van der Waals surface area (Å²) in [5, 5.41) is 1.15. The first-order valence-corrected chi connectivity index (χ1v) is 9.48. The van der Waals surface area contributed by atoms with Crippen LogP contribution in [0.25, 0.3) is 33.4 Å². The first-order valence-electron chi connectivity index (χ1n) is 9.48. The van der Waals surface area contributed by atoms with Crippen LogP contribution in [0.2, 0.25) is 0 Å². The number of furan rings is 1. The van der Waals surface area contributed by atoms with Crippen molar-refractivity contribution in [3.8, 4) is 11.4 Å². The zero-order valence-corrected chi connectivity index (χ0v) is 15.0. The fourth-order valence-electron chi connectivity index (χ4n) is 4.09. The molecule has 0 amide bonds. The van der Waals surface area contributed by atoms with Gasteiger partial charge in [0.2, 0.25) is 0 Å². The lowest BCUT2D eigenvalue weighted by molar-refractivity contribution is 0.266. The van der Waals surface area contributed by atoms with E-state index in [4.69, 9.17) is 9.40 Å². The molecule has 1 N–H and O–H groups in total. The lowest BCUT2D eigenvalue weighted by Crippen LogP contribution is -2.28. The third-order valence-electron chi connectivity index (χ3n) is 5.58. The van der Waals surface area contributed by atoms with Crippen LogP contribution < -0.4 is 0 Å². The van der Waals surface area contributed by atoms with Crippen molar-refractivity contribution in [2.75, 3.05) is 13.1 Å². The van der Waals surface area contributed by atoms with Gasteiger partial charge in [-0.2, -0.15) is 0 Å². The van der Waals surface area contributed by atoms with Crippen LogP contribution in [0.5, 0.6) is 0 Å². The summed E-state index contributed by atoms with van der Waals surface area (Å²) in [4.78, 5) is 10.7. The highest BCUT2D eigenvalue weighted by Gasteiger charge is 2.20. The van der Waals surface area contributed by atoms with Crippen LogP contribution in [0.4, 0.5) is 0 Å². The Morgan fingerprint density at radius 3 is 2.96 bits per heavy atom. The number of benzene rings is 2. The summed E-state index contributed by atoms with van der Waals surface area (Å²) in [7, 11) is 0. The Kier molecular flexibility index (Phi) is 3.79. The van der Waals surface area contributed by atoms with E-state index in [0.29, 0.717) is 6.04 Å². The number of fused-ring (bicyclic) bond motifs is 2. The summed E-state index contributed by atoms with van der Waals surface area (Å²) < 4.78 is 6.26. The number of nitrogens with zero attached hydrogens (tertiary/aromatic N) is 2. The molecule has 1 atom stereocenters. The van der Waals surface area contributed by atoms with Crippen molar-refractivity contribution < 1.29 is 4.42 Å². The van der Waals surface area contributed by atoms with Crippen molar-refractivity contribution >= 4 is 22.0 Å². The zero-order valence-electron chi connectivity index (χ0n) is 15.0. The summed E-state index contributed by atoms with van der Waals surface area (Å²) >= 11 is 0. The molecule has 132 valence electrons. The molecule has 0 bridgehead atoms. The van der Waals surface area contributed by atoms with E-state index in [1.54, 1.807) is 0 Å². The molecule has 1 fully saturated rings. The number of likely N-dealkylation sites (tertiary alicyclic amines) is 1. The van der Waals surface area contributed by atoms with Gasteiger partial charge < -0.3 is 14.3 Å². The smallest absolute Gasteiger partial charge is 0.145 e. The quantitative estimate of drug-likeness (QED) is 0.566. The van der Waals surface area contributed by atoms with Gasteiger partial charge in [0, 0.05) is 24.4 Å². The number of para-hydroxylation sites is 3. The largest absolute Gasteiger partial charge is 0.460 e. The molecule has 4 aromatic rings. The number of imidazole rings is 1. The maximum atomic E-state index is 6.26. The van der Waals surface area contributed by atoms with Crippen molar-refractivity contribution in [1.29, 1.82) is 0 Å². The van der Waals surface area contributed by atoms with E-state index in [9.17, 15) is 0 Å². The van der Waals surface area contributed by atoms with Crippen molar-refractivity contribution in [3.05, 3.63) is 54.3 Å². The Morgan fingerprint density at radius 2 is 2.12 bits per heavy atom. The Balaban J connectivity index is 1.47. The Morgan fingerprint density at radius 1 is 1.19 bits per heavy atom. The number of hydrogen-bond donors (Lipinski definition) is 1. The van der Waals surface area contributed by atoms with E-state index in [2.05, 4.69) is 47.1 Å². The first kappa shape index (κ1) is 15.6. The van der Waals surface area contributed by atoms with Gasteiger partial charge in [-0.05, 0) is 50.6 Å². The second-order valence-corrected chi connectivity index (χ2v) is 7.32.